The van der Waals surface area contributed by atoms with Crippen molar-refractivity contribution in [1.29, 1.82) is 0 Å². The lowest BCUT2D eigenvalue weighted by molar-refractivity contribution is -0.121. The zero-order valence-electron chi connectivity index (χ0n) is 18.1. The van der Waals surface area contributed by atoms with Crippen molar-refractivity contribution in [2.24, 2.45) is 0 Å². The summed E-state index contributed by atoms with van der Waals surface area (Å²) in [5.41, 5.74) is 1.33. The van der Waals surface area contributed by atoms with Crippen LogP contribution in [-0.2, 0) is 14.8 Å². The lowest BCUT2D eigenvalue weighted by atomic mass is 9.92. The summed E-state index contributed by atoms with van der Waals surface area (Å²) in [5, 5.41) is 15.4. The first kappa shape index (κ1) is 23.4. The van der Waals surface area contributed by atoms with E-state index in [2.05, 4.69) is 10.0 Å². The minimum absolute atomic E-state index is 0.0462. The second-order valence-corrected chi connectivity index (χ2v) is 9.50. The van der Waals surface area contributed by atoms with Gasteiger partial charge in [-0.15, -0.1) is 0 Å². The van der Waals surface area contributed by atoms with E-state index >= 15 is 0 Å². The summed E-state index contributed by atoms with van der Waals surface area (Å²) in [4.78, 5) is 12.8. The summed E-state index contributed by atoms with van der Waals surface area (Å²) in [6, 6.07) is 24.0. The van der Waals surface area contributed by atoms with Gasteiger partial charge in [-0.1, -0.05) is 60.7 Å². The molecule has 0 heterocycles. The Morgan fingerprint density at radius 3 is 2.29 bits per heavy atom. The molecule has 4 aromatic rings. The number of carbonyl (C=O) groups excluding carboxylic acids is 1. The monoisotopic (exact) mass is 478 g/mol. The van der Waals surface area contributed by atoms with Gasteiger partial charge in [-0.2, -0.15) is 0 Å². The van der Waals surface area contributed by atoms with Crippen molar-refractivity contribution in [2.45, 2.75) is 17.4 Å². The largest absolute Gasteiger partial charge is 0.508 e. The van der Waals surface area contributed by atoms with Crippen molar-refractivity contribution in [2.75, 3.05) is 6.54 Å². The van der Waals surface area contributed by atoms with Crippen molar-refractivity contribution in [1.82, 2.24) is 10.0 Å². The number of aromatic hydroxyl groups is 1. The number of benzene rings is 4. The van der Waals surface area contributed by atoms with Gasteiger partial charge in [-0.05, 0) is 46.7 Å². The number of phenolic OH excluding ortho intramolecular Hbond substituents is 1. The first-order chi connectivity index (χ1) is 16.3. The Morgan fingerprint density at radius 2 is 1.56 bits per heavy atom. The van der Waals surface area contributed by atoms with Gasteiger partial charge in [0, 0.05) is 18.5 Å². The van der Waals surface area contributed by atoms with Gasteiger partial charge in [-0.3, -0.25) is 4.79 Å². The lowest BCUT2D eigenvalue weighted by Gasteiger charge is -2.22. The highest BCUT2D eigenvalue weighted by Gasteiger charge is 2.23. The van der Waals surface area contributed by atoms with Crippen LogP contribution < -0.4 is 10.0 Å². The number of amides is 1. The molecule has 0 saturated carbocycles. The molecular formula is C26H23FN2O4S. The number of halogens is 1. The molecule has 0 fully saturated rings. The van der Waals surface area contributed by atoms with Crippen molar-refractivity contribution in [3.8, 4) is 5.75 Å². The molecule has 8 heteroatoms. The van der Waals surface area contributed by atoms with Crippen LogP contribution in [0.15, 0.2) is 95.9 Å². The molecule has 34 heavy (non-hydrogen) atoms. The normalized spacial score (nSPS) is 12.4. The Morgan fingerprint density at radius 1 is 0.882 bits per heavy atom. The average molecular weight is 479 g/mol. The number of hydrogen-bond acceptors (Lipinski definition) is 4. The Labute approximate surface area is 197 Å². The molecule has 0 spiro atoms. The maximum absolute atomic E-state index is 13.1. The van der Waals surface area contributed by atoms with Crippen LogP contribution in [0.2, 0.25) is 0 Å². The van der Waals surface area contributed by atoms with Crippen molar-refractivity contribution in [3.63, 3.8) is 0 Å². The molecule has 174 valence electrons. The Balaban J connectivity index is 1.54. The highest BCUT2D eigenvalue weighted by molar-refractivity contribution is 7.89. The minimum atomic E-state index is -3.88. The van der Waals surface area contributed by atoms with E-state index in [4.69, 9.17) is 0 Å². The molecule has 1 atom stereocenters. The second kappa shape index (κ2) is 10.0. The van der Waals surface area contributed by atoms with E-state index in [1.54, 1.807) is 6.07 Å². The summed E-state index contributed by atoms with van der Waals surface area (Å²) in [6.07, 6.45) is -0.130. The highest BCUT2D eigenvalue weighted by Crippen LogP contribution is 2.35. The summed E-state index contributed by atoms with van der Waals surface area (Å²) >= 11 is 0. The fourth-order valence-electron chi connectivity index (χ4n) is 3.78. The van der Waals surface area contributed by atoms with E-state index in [0.29, 0.717) is 5.56 Å². The van der Waals surface area contributed by atoms with Crippen LogP contribution in [0.5, 0.6) is 5.75 Å². The van der Waals surface area contributed by atoms with Crippen LogP contribution in [-0.4, -0.2) is 26.0 Å². The van der Waals surface area contributed by atoms with Gasteiger partial charge in [0.15, 0.2) is 0 Å². The molecule has 1 unspecified atom stereocenters. The van der Waals surface area contributed by atoms with Gasteiger partial charge in [0.05, 0.1) is 10.9 Å². The third-order valence-corrected chi connectivity index (χ3v) is 6.92. The number of rotatable bonds is 8. The Kier molecular flexibility index (Phi) is 6.90. The Hall–Kier alpha value is -3.75. The summed E-state index contributed by atoms with van der Waals surface area (Å²) < 4.78 is 40.2. The molecule has 0 aliphatic rings. The molecule has 6 nitrogen and oxygen atoms in total. The van der Waals surface area contributed by atoms with E-state index in [9.17, 15) is 22.7 Å². The SMILES string of the molecule is O=C(CCNS(=O)(=O)c1ccc(F)cc1)NC(c1ccccc1)c1c(O)ccc2ccccc12. The van der Waals surface area contributed by atoms with Crippen molar-refractivity contribution < 1.29 is 22.7 Å². The molecule has 0 aromatic heterocycles. The molecule has 4 rings (SSSR count). The fraction of sp³-hybridized carbons (Fsp3) is 0.115. The molecule has 0 aliphatic heterocycles. The van der Waals surface area contributed by atoms with Crippen molar-refractivity contribution in [3.05, 3.63) is 108 Å². The zero-order chi connectivity index (χ0) is 24.1. The average Bonchev–Trinajstić information content (AvgIpc) is 2.83. The third kappa shape index (κ3) is 5.24. The van der Waals surface area contributed by atoms with Gasteiger partial charge in [-0.25, -0.2) is 17.5 Å². The quantitative estimate of drug-likeness (QED) is 0.353. The van der Waals surface area contributed by atoms with Gasteiger partial charge in [0.2, 0.25) is 15.9 Å². The topological polar surface area (TPSA) is 95.5 Å². The van der Waals surface area contributed by atoms with E-state index in [1.807, 2.05) is 60.7 Å². The number of carbonyl (C=O) groups is 1. The molecule has 3 N–H and O–H groups in total. The van der Waals surface area contributed by atoms with E-state index in [0.717, 1.165) is 40.6 Å². The van der Waals surface area contributed by atoms with Crippen LogP contribution >= 0.6 is 0 Å². The van der Waals surface area contributed by atoms with E-state index in [-0.39, 0.29) is 23.6 Å². The number of fused-ring (bicyclic) bond motifs is 1. The summed E-state index contributed by atoms with van der Waals surface area (Å²) in [7, 11) is -3.88. The van der Waals surface area contributed by atoms with Crippen LogP contribution in [0.1, 0.15) is 23.6 Å². The van der Waals surface area contributed by atoms with E-state index in [1.165, 1.54) is 0 Å². The number of phenols is 1. The lowest BCUT2D eigenvalue weighted by Crippen LogP contribution is -2.33. The standard InChI is InChI=1S/C26H23FN2O4S/c27-20-11-13-21(14-12-20)34(32,33)28-17-16-24(31)29-26(19-7-2-1-3-8-19)25-22-9-5-4-6-18(22)10-15-23(25)30/h1-15,26,28,30H,16-17H2,(H,29,31). The first-order valence-corrected chi connectivity index (χ1v) is 12.1. The van der Waals surface area contributed by atoms with Gasteiger partial charge >= 0.3 is 0 Å². The Bertz CT molecular complexity index is 1410. The first-order valence-electron chi connectivity index (χ1n) is 10.7. The highest BCUT2D eigenvalue weighted by atomic mass is 32.2. The molecule has 0 saturated heterocycles. The number of nitrogens with one attached hydrogen (secondary N) is 2. The van der Waals surface area contributed by atoms with Gasteiger partial charge in [0.1, 0.15) is 11.6 Å². The molecule has 1 amide bonds. The van der Waals surface area contributed by atoms with Crippen LogP contribution in [0.25, 0.3) is 10.8 Å². The molecule has 0 aliphatic carbocycles. The minimum Gasteiger partial charge on any atom is -0.508 e. The van der Waals surface area contributed by atoms with Gasteiger partial charge in [0.25, 0.3) is 0 Å². The van der Waals surface area contributed by atoms with Crippen LogP contribution in [0.3, 0.4) is 0 Å². The van der Waals surface area contributed by atoms with E-state index < -0.39 is 27.8 Å². The second-order valence-electron chi connectivity index (χ2n) is 7.73. The molecule has 0 bridgehead atoms. The number of sulfonamides is 1. The van der Waals surface area contributed by atoms with Crippen molar-refractivity contribution >= 4 is 26.7 Å². The summed E-state index contributed by atoms with van der Waals surface area (Å²) in [5.74, 6) is -0.894. The zero-order valence-corrected chi connectivity index (χ0v) is 18.9. The smallest absolute Gasteiger partial charge is 0.240 e. The molecule has 0 radical (unpaired) electrons. The van der Waals surface area contributed by atoms with Gasteiger partial charge < -0.3 is 10.4 Å². The van der Waals surface area contributed by atoms with Crippen LogP contribution in [0.4, 0.5) is 4.39 Å². The number of hydrogen-bond donors (Lipinski definition) is 3. The predicted molar refractivity (Wildman–Crippen MR) is 128 cm³/mol. The van der Waals surface area contributed by atoms with Crippen LogP contribution in [0, 0.1) is 5.82 Å². The predicted octanol–water partition coefficient (Wildman–Crippen LogP) is 4.26. The maximum Gasteiger partial charge on any atom is 0.240 e. The third-order valence-electron chi connectivity index (χ3n) is 5.44. The fourth-order valence-corrected chi connectivity index (χ4v) is 4.82. The molecular weight excluding hydrogens is 455 g/mol. The summed E-state index contributed by atoms with van der Waals surface area (Å²) in [6.45, 7) is -0.144. The maximum atomic E-state index is 13.1. The molecule has 4 aromatic carbocycles.